The van der Waals surface area contributed by atoms with Gasteiger partial charge < -0.3 is 14.3 Å². The molecule has 1 aliphatic heterocycles. The highest BCUT2D eigenvalue weighted by molar-refractivity contribution is 8.18. The summed E-state index contributed by atoms with van der Waals surface area (Å²) in [5.74, 6) is -0.210. The molecule has 0 bridgehead atoms. The first kappa shape index (κ1) is 20.7. The minimum Gasteiger partial charge on any atom is -0.545 e. The number of furan rings is 1. The number of amides is 1. The number of nitrogens with zero attached hydrogens (tertiary/aromatic N) is 2. The molecule has 0 radical (unpaired) electrons. The molecule has 2 aromatic carbocycles. The number of carboxylic acid groups (broad SMARTS) is 1. The quantitative estimate of drug-likeness (QED) is 0.543. The molecule has 4 rings (SSSR count). The fraction of sp³-hybridized carbons (Fsp3) is 0.125. The van der Waals surface area contributed by atoms with E-state index >= 15 is 0 Å². The van der Waals surface area contributed by atoms with Gasteiger partial charge in [0.05, 0.1) is 16.6 Å². The van der Waals surface area contributed by atoms with Crippen molar-refractivity contribution >= 4 is 40.6 Å². The first-order chi connectivity index (χ1) is 15.0. The van der Waals surface area contributed by atoms with E-state index in [1.54, 1.807) is 35.2 Å². The summed E-state index contributed by atoms with van der Waals surface area (Å²) < 4.78 is 5.87. The number of aliphatic imine (C=N–C) groups is 1. The Hall–Kier alpha value is -3.58. The molecular weight excluding hydrogens is 412 g/mol. The Labute approximate surface area is 183 Å². The van der Waals surface area contributed by atoms with Gasteiger partial charge in [-0.15, -0.1) is 0 Å². The number of carboxylic acids is 1. The summed E-state index contributed by atoms with van der Waals surface area (Å²) in [5, 5.41) is 11.5. The largest absolute Gasteiger partial charge is 0.545 e. The molecule has 6 nitrogen and oxygen atoms in total. The zero-order valence-electron chi connectivity index (χ0n) is 16.8. The van der Waals surface area contributed by atoms with Crippen LogP contribution in [0.4, 0.5) is 5.69 Å². The number of rotatable bonds is 6. The number of para-hydroxylation sites is 1. The molecule has 7 heteroatoms. The van der Waals surface area contributed by atoms with Crippen molar-refractivity contribution in [2.75, 3.05) is 6.54 Å². The minimum absolute atomic E-state index is 0.0993. The van der Waals surface area contributed by atoms with Gasteiger partial charge in [-0.05, 0) is 48.0 Å². The number of carbonyl (C=O) groups excluding carboxylic acids is 2. The predicted octanol–water partition coefficient (Wildman–Crippen LogP) is 4.32. The minimum atomic E-state index is -1.22. The van der Waals surface area contributed by atoms with E-state index in [0.717, 1.165) is 17.7 Å². The highest BCUT2D eigenvalue weighted by atomic mass is 32.2. The molecule has 2 heterocycles. The van der Waals surface area contributed by atoms with E-state index in [1.165, 1.54) is 23.9 Å². The van der Waals surface area contributed by atoms with Crippen molar-refractivity contribution in [3.8, 4) is 11.3 Å². The lowest BCUT2D eigenvalue weighted by Gasteiger charge is -2.13. The van der Waals surface area contributed by atoms with Crippen molar-refractivity contribution in [2.45, 2.75) is 13.3 Å². The van der Waals surface area contributed by atoms with Gasteiger partial charge >= 0.3 is 0 Å². The molecule has 0 N–H and O–H groups in total. The predicted molar refractivity (Wildman–Crippen MR) is 120 cm³/mol. The van der Waals surface area contributed by atoms with Gasteiger partial charge in [0.2, 0.25) is 0 Å². The number of aromatic carboxylic acids is 1. The first-order valence-corrected chi connectivity index (χ1v) is 10.6. The Morgan fingerprint density at radius 3 is 2.52 bits per heavy atom. The van der Waals surface area contributed by atoms with Crippen LogP contribution in [0.1, 0.15) is 29.5 Å². The van der Waals surface area contributed by atoms with Gasteiger partial charge in [-0.3, -0.25) is 9.69 Å². The van der Waals surface area contributed by atoms with E-state index in [2.05, 4.69) is 4.99 Å². The van der Waals surface area contributed by atoms with Crippen LogP contribution in [-0.2, 0) is 4.79 Å². The molecule has 1 fully saturated rings. The van der Waals surface area contributed by atoms with Crippen molar-refractivity contribution in [1.82, 2.24) is 4.90 Å². The van der Waals surface area contributed by atoms with Crippen LogP contribution in [0.2, 0.25) is 0 Å². The summed E-state index contributed by atoms with van der Waals surface area (Å²) >= 11 is 1.32. The Morgan fingerprint density at radius 2 is 1.84 bits per heavy atom. The molecule has 0 saturated carbocycles. The van der Waals surface area contributed by atoms with Gasteiger partial charge in [0.25, 0.3) is 5.91 Å². The molecule has 1 aromatic heterocycles. The van der Waals surface area contributed by atoms with Crippen molar-refractivity contribution in [3.63, 3.8) is 0 Å². The second-order valence-corrected chi connectivity index (χ2v) is 7.87. The summed E-state index contributed by atoms with van der Waals surface area (Å²) in [6.45, 7) is 2.60. The Balaban J connectivity index is 1.59. The van der Waals surface area contributed by atoms with Gasteiger partial charge in [-0.25, -0.2) is 4.99 Å². The van der Waals surface area contributed by atoms with Gasteiger partial charge in [0.15, 0.2) is 5.17 Å². The van der Waals surface area contributed by atoms with Crippen molar-refractivity contribution in [3.05, 3.63) is 83.0 Å². The van der Waals surface area contributed by atoms with E-state index in [0.29, 0.717) is 28.1 Å². The van der Waals surface area contributed by atoms with Crippen molar-refractivity contribution in [2.24, 2.45) is 4.99 Å². The van der Waals surface area contributed by atoms with Crippen LogP contribution in [0.15, 0.2) is 81.0 Å². The molecule has 0 spiro atoms. The number of thioether (sulfide) groups is 1. The number of amidine groups is 1. The van der Waals surface area contributed by atoms with Crippen LogP contribution in [-0.4, -0.2) is 28.5 Å². The maximum Gasteiger partial charge on any atom is 0.266 e. The average Bonchev–Trinajstić information content (AvgIpc) is 3.35. The number of benzene rings is 2. The number of carbonyl (C=O) groups is 2. The van der Waals surface area contributed by atoms with Gasteiger partial charge in [0, 0.05) is 18.2 Å². The van der Waals surface area contributed by atoms with Crippen LogP contribution in [0, 0.1) is 0 Å². The van der Waals surface area contributed by atoms with Gasteiger partial charge in [0.1, 0.15) is 11.5 Å². The van der Waals surface area contributed by atoms with Gasteiger partial charge in [-0.1, -0.05) is 49.4 Å². The van der Waals surface area contributed by atoms with Gasteiger partial charge in [-0.2, -0.15) is 0 Å². The van der Waals surface area contributed by atoms with E-state index in [9.17, 15) is 14.7 Å². The van der Waals surface area contributed by atoms with Crippen LogP contribution in [0.5, 0.6) is 0 Å². The van der Waals surface area contributed by atoms with Crippen LogP contribution in [0.3, 0.4) is 0 Å². The summed E-state index contributed by atoms with van der Waals surface area (Å²) in [5.41, 5.74) is 1.63. The molecule has 1 amide bonds. The van der Waals surface area contributed by atoms with Crippen molar-refractivity contribution in [1.29, 1.82) is 0 Å². The van der Waals surface area contributed by atoms with Crippen LogP contribution >= 0.6 is 11.8 Å². The zero-order valence-corrected chi connectivity index (χ0v) is 17.6. The topological polar surface area (TPSA) is 85.9 Å². The summed E-state index contributed by atoms with van der Waals surface area (Å²) in [4.78, 5) is 30.7. The molecule has 0 unspecified atom stereocenters. The zero-order chi connectivity index (χ0) is 21.8. The summed E-state index contributed by atoms with van der Waals surface area (Å²) in [7, 11) is 0. The lowest BCUT2D eigenvalue weighted by atomic mass is 10.1. The second-order valence-electron chi connectivity index (χ2n) is 6.86. The van der Waals surface area contributed by atoms with Crippen LogP contribution in [0.25, 0.3) is 17.4 Å². The highest BCUT2D eigenvalue weighted by Gasteiger charge is 2.33. The summed E-state index contributed by atoms with van der Waals surface area (Å²) in [6, 6.07) is 19.3. The smallest absolute Gasteiger partial charge is 0.266 e. The Bertz CT molecular complexity index is 1160. The molecule has 1 aliphatic rings. The third-order valence-electron chi connectivity index (χ3n) is 4.62. The van der Waals surface area contributed by atoms with E-state index < -0.39 is 5.97 Å². The normalized spacial score (nSPS) is 16.4. The van der Waals surface area contributed by atoms with E-state index in [4.69, 9.17) is 4.42 Å². The monoisotopic (exact) mass is 431 g/mol. The number of hydrogen-bond acceptors (Lipinski definition) is 6. The lowest BCUT2D eigenvalue weighted by molar-refractivity contribution is -0.255. The third-order valence-corrected chi connectivity index (χ3v) is 5.63. The number of hydrogen-bond donors (Lipinski definition) is 0. The standard InChI is InChI=1S/C24H20N2O4S/c1-2-14-26-22(27)21(31-24(26)25-18-6-4-3-5-7-18)15-19-12-13-20(30-19)16-8-10-17(11-9-16)23(28)29/h3-13,15H,2,14H2,1H3,(H,28,29)/p-1/b21-15-,25-24?. The Kier molecular flexibility index (Phi) is 6.04. The average molecular weight is 431 g/mol. The lowest BCUT2D eigenvalue weighted by Crippen LogP contribution is -2.29. The summed E-state index contributed by atoms with van der Waals surface area (Å²) in [6.07, 6.45) is 2.53. The van der Waals surface area contributed by atoms with Crippen molar-refractivity contribution < 1.29 is 19.1 Å². The van der Waals surface area contributed by atoms with E-state index in [1.807, 2.05) is 37.3 Å². The molecule has 3 aromatic rings. The maximum atomic E-state index is 12.9. The van der Waals surface area contributed by atoms with E-state index in [-0.39, 0.29) is 11.5 Å². The molecule has 0 aliphatic carbocycles. The maximum absolute atomic E-state index is 12.9. The first-order valence-electron chi connectivity index (χ1n) is 9.82. The van der Waals surface area contributed by atoms with Crippen LogP contribution < -0.4 is 5.11 Å². The molecular formula is C24H19N2O4S-. The Morgan fingerprint density at radius 1 is 1.10 bits per heavy atom. The molecule has 31 heavy (non-hydrogen) atoms. The molecule has 1 saturated heterocycles. The highest BCUT2D eigenvalue weighted by Crippen LogP contribution is 2.35. The second kappa shape index (κ2) is 9.06. The third kappa shape index (κ3) is 4.62. The molecule has 156 valence electrons. The fourth-order valence-corrected chi connectivity index (χ4v) is 4.12. The molecule has 0 atom stereocenters. The fourth-order valence-electron chi connectivity index (χ4n) is 3.11. The SMILES string of the molecule is CCCN1C(=O)/C(=C/c2ccc(-c3ccc(C(=O)[O-])cc3)o2)SC1=Nc1ccccc1.